The fourth-order valence-corrected chi connectivity index (χ4v) is 2.34. The fourth-order valence-electron chi connectivity index (χ4n) is 2.34. The molecule has 20 heavy (non-hydrogen) atoms. The molecule has 0 unspecified atom stereocenters. The van der Waals surface area contributed by atoms with Crippen LogP contribution in [-0.2, 0) is 13.1 Å². The average Bonchev–Trinajstić information content (AvgIpc) is 2.96. The SMILES string of the molecule is O=C(NC1CC1)c1noc(-c2ccc3c(c2)CNC3)n1. The van der Waals surface area contributed by atoms with E-state index in [9.17, 15) is 4.79 Å². The Bertz CT molecular complexity index is 676. The molecule has 1 fully saturated rings. The molecule has 1 aliphatic carbocycles. The number of carbonyl (C=O) groups excluding carboxylic acids is 1. The average molecular weight is 270 g/mol. The van der Waals surface area contributed by atoms with Gasteiger partial charge in [-0.1, -0.05) is 11.2 Å². The summed E-state index contributed by atoms with van der Waals surface area (Å²) in [6.07, 6.45) is 2.07. The minimum atomic E-state index is -0.259. The van der Waals surface area contributed by atoms with E-state index in [0.717, 1.165) is 31.5 Å². The first-order valence-electron chi connectivity index (χ1n) is 6.77. The van der Waals surface area contributed by atoms with Crippen LogP contribution >= 0.6 is 0 Å². The van der Waals surface area contributed by atoms with Crippen LogP contribution in [0.25, 0.3) is 11.5 Å². The van der Waals surface area contributed by atoms with Crippen molar-refractivity contribution in [1.82, 2.24) is 20.8 Å². The van der Waals surface area contributed by atoms with Crippen LogP contribution in [0.4, 0.5) is 0 Å². The van der Waals surface area contributed by atoms with Crippen molar-refractivity contribution in [2.24, 2.45) is 0 Å². The number of amides is 1. The third kappa shape index (κ3) is 2.08. The van der Waals surface area contributed by atoms with Crippen LogP contribution in [0.2, 0.25) is 0 Å². The van der Waals surface area contributed by atoms with Gasteiger partial charge in [0.1, 0.15) is 0 Å². The topological polar surface area (TPSA) is 80.0 Å². The number of aromatic nitrogens is 2. The molecule has 0 radical (unpaired) electrons. The monoisotopic (exact) mass is 270 g/mol. The molecule has 0 spiro atoms. The smallest absolute Gasteiger partial charge is 0.292 e. The Labute approximate surface area is 115 Å². The minimum absolute atomic E-state index is 0.102. The van der Waals surface area contributed by atoms with Gasteiger partial charge in [0, 0.05) is 24.7 Å². The summed E-state index contributed by atoms with van der Waals surface area (Å²) in [5, 5.41) is 9.88. The lowest BCUT2D eigenvalue weighted by molar-refractivity contribution is 0.0937. The van der Waals surface area contributed by atoms with Crippen molar-refractivity contribution in [2.45, 2.75) is 32.0 Å². The maximum Gasteiger partial charge on any atom is 0.292 e. The van der Waals surface area contributed by atoms with Gasteiger partial charge in [-0.25, -0.2) is 0 Å². The summed E-state index contributed by atoms with van der Waals surface area (Å²) in [5.41, 5.74) is 3.38. The standard InChI is InChI=1S/C14H14N4O2/c19-13(16-11-3-4-11)12-17-14(20-18-12)8-1-2-9-6-15-7-10(9)5-8/h1-2,5,11,15H,3-4,6-7H2,(H,16,19). The van der Waals surface area contributed by atoms with E-state index >= 15 is 0 Å². The van der Waals surface area contributed by atoms with Crippen LogP contribution in [0.15, 0.2) is 22.7 Å². The van der Waals surface area contributed by atoms with Crippen LogP contribution in [0.1, 0.15) is 34.6 Å². The van der Waals surface area contributed by atoms with Crippen molar-refractivity contribution >= 4 is 5.91 Å². The predicted octanol–water partition coefficient (Wildman–Crippen LogP) is 1.23. The summed E-state index contributed by atoms with van der Waals surface area (Å²) in [4.78, 5) is 16.0. The summed E-state index contributed by atoms with van der Waals surface area (Å²) in [6.45, 7) is 1.75. The Morgan fingerprint density at radius 1 is 1.30 bits per heavy atom. The zero-order chi connectivity index (χ0) is 13.5. The van der Waals surface area contributed by atoms with Gasteiger partial charge in [0.15, 0.2) is 0 Å². The molecule has 2 aromatic rings. The highest BCUT2D eigenvalue weighted by Gasteiger charge is 2.26. The molecule has 2 aliphatic rings. The molecule has 1 amide bonds. The number of nitrogens with zero attached hydrogens (tertiary/aromatic N) is 2. The van der Waals surface area contributed by atoms with Crippen LogP contribution < -0.4 is 10.6 Å². The van der Waals surface area contributed by atoms with Gasteiger partial charge in [-0.2, -0.15) is 4.98 Å². The predicted molar refractivity (Wildman–Crippen MR) is 70.8 cm³/mol. The van der Waals surface area contributed by atoms with Gasteiger partial charge < -0.3 is 15.2 Å². The van der Waals surface area contributed by atoms with Crippen molar-refractivity contribution in [3.63, 3.8) is 0 Å². The summed E-state index contributed by atoms with van der Waals surface area (Å²) in [7, 11) is 0. The summed E-state index contributed by atoms with van der Waals surface area (Å²) < 4.78 is 5.19. The minimum Gasteiger partial charge on any atom is -0.346 e. The maximum atomic E-state index is 11.8. The molecule has 6 heteroatoms. The molecule has 1 saturated carbocycles. The van der Waals surface area contributed by atoms with Crippen molar-refractivity contribution in [3.05, 3.63) is 35.2 Å². The van der Waals surface area contributed by atoms with Crippen LogP contribution in [0, 0.1) is 0 Å². The van der Waals surface area contributed by atoms with Gasteiger partial charge >= 0.3 is 0 Å². The van der Waals surface area contributed by atoms with Crippen molar-refractivity contribution in [3.8, 4) is 11.5 Å². The molecule has 6 nitrogen and oxygen atoms in total. The number of carbonyl (C=O) groups is 1. The summed E-state index contributed by atoms with van der Waals surface area (Å²) >= 11 is 0. The number of hydrogen-bond donors (Lipinski definition) is 2. The van der Waals surface area contributed by atoms with E-state index in [1.165, 1.54) is 11.1 Å². The third-order valence-corrected chi connectivity index (χ3v) is 3.63. The van der Waals surface area contributed by atoms with E-state index in [-0.39, 0.29) is 17.8 Å². The van der Waals surface area contributed by atoms with Crippen molar-refractivity contribution in [1.29, 1.82) is 0 Å². The van der Waals surface area contributed by atoms with E-state index in [2.05, 4.69) is 26.8 Å². The Hall–Kier alpha value is -2.21. The molecule has 0 bridgehead atoms. The van der Waals surface area contributed by atoms with Gasteiger partial charge in [-0.15, -0.1) is 0 Å². The van der Waals surface area contributed by atoms with Gasteiger partial charge in [-0.3, -0.25) is 4.79 Å². The normalized spacial score (nSPS) is 17.0. The number of rotatable bonds is 3. The molecule has 1 aliphatic heterocycles. The highest BCUT2D eigenvalue weighted by atomic mass is 16.5. The van der Waals surface area contributed by atoms with Gasteiger partial charge in [-0.05, 0) is 36.1 Å². The Balaban J connectivity index is 1.59. The van der Waals surface area contributed by atoms with E-state index in [0.29, 0.717) is 5.89 Å². The Kier molecular flexibility index (Phi) is 2.56. The van der Waals surface area contributed by atoms with Crippen LogP contribution in [-0.4, -0.2) is 22.1 Å². The third-order valence-electron chi connectivity index (χ3n) is 3.63. The summed E-state index contributed by atoms with van der Waals surface area (Å²) in [5.74, 6) is 0.233. The lowest BCUT2D eigenvalue weighted by atomic mass is 10.1. The highest BCUT2D eigenvalue weighted by Crippen LogP contribution is 2.24. The molecule has 2 N–H and O–H groups in total. The van der Waals surface area contributed by atoms with Crippen LogP contribution in [0.5, 0.6) is 0 Å². The van der Waals surface area contributed by atoms with Gasteiger partial charge in [0.2, 0.25) is 0 Å². The first-order chi connectivity index (χ1) is 9.79. The maximum absolute atomic E-state index is 11.8. The molecule has 0 atom stereocenters. The molecule has 1 aromatic heterocycles. The quantitative estimate of drug-likeness (QED) is 0.877. The molecule has 0 saturated heterocycles. The Morgan fingerprint density at radius 2 is 2.15 bits per heavy atom. The molecular formula is C14H14N4O2. The van der Waals surface area contributed by atoms with Crippen LogP contribution in [0.3, 0.4) is 0 Å². The van der Waals surface area contributed by atoms with E-state index in [4.69, 9.17) is 4.52 Å². The fraction of sp³-hybridized carbons (Fsp3) is 0.357. The summed E-state index contributed by atoms with van der Waals surface area (Å²) in [6, 6.07) is 6.32. The molecule has 102 valence electrons. The van der Waals surface area contributed by atoms with E-state index in [1.807, 2.05) is 12.1 Å². The first kappa shape index (κ1) is 11.6. The number of fused-ring (bicyclic) bond motifs is 1. The second kappa shape index (κ2) is 4.42. The second-order valence-corrected chi connectivity index (χ2v) is 5.26. The largest absolute Gasteiger partial charge is 0.346 e. The molecule has 2 heterocycles. The second-order valence-electron chi connectivity index (χ2n) is 5.26. The number of hydrogen-bond acceptors (Lipinski definition) is 5. The number of nitrogens with one attached hydrogen (secondary N) is 2. The van der Waals surface area contributed by atoms with Crippen molar-refractivity contribution < 1.29 is 9.32 Å². The first-order valence-corrected chi connectivity index (χ1v) is 6.77. The number of benzene rings is 1. The lowest BCUT2D eigenvalue weighted by Crippen LogP contribution is -2.26. The zero-order valence-corrected chi connectivity index (χ0v) is 10.8. The zero-order valence-electron chi connectivity index (χ0n) is 10.8. The van der Waals surface area contributed by atoms with Crippen molar-refractivity contribution in [2.75, 3.05) is 0 Å². The molecule has 4 rings (SSSR count). The molecule has 1 aromatic carbocycles. The van der Waals surface area contributed by atoms with Gasteiger partial charge in [0.25, 0.3) is 17.6 Å². The van der Waals surface area contributed by atoms with E-state index < -0.39 is 0 Å². The Morgan fingerprint density at radius 3 is 3.00 bits per heavy atom. The lowest BCUT2D eigenvalue weighted by Gasteiger charge is -1.99. The van der Waals surface area contributed by atoms with E-state index in [1.54, 1.807) is 0 Å². The van der Waals surface area contributed by atoms with Gasteiger partial charge in [0.05, 0.1) is 0 Å². The molecular weight excluding hydrogens is 256 g/mol. The highest BCUT2D eigenvalue weighted by molar-refractivity contribution is 5.91.